The zero-order valence-corrected chi connectivity index (χ0v) is 17.1. The third kappa shape index (κ3) is 5.35. The first-order valence-corrected chi connectivity index (χ1v) is 11.0. The predicted molar refractivity (Wildman–Crippen MR) is 110 cm³/mol. The first kappa shape index (κ1) is 19.5. The third-order valence-corrected chi connectivity index (χ3v) is 5.90. The average molecular weight is 403 g/mol. The molecule has 3 rings (SSSR count). The van der Waals surface area contributed by atoms with Gasteiger partial charge in [0.15, 0.2) is 0 Å². The predicted octanol–water partition coefficient (Wildman–Crippen LogP) is 3.39. The molecule has 27 heavy (non-hydrogen) atoms. The highest BCUT2D eigenvalue weighted by atomic mass is 32.2. The van der Waals surface area contributed by atoms with Crippen molar-refractivity contribution >= 4 is 27.4 Å². The molecule has 0 saturated heterocycles. The van der Waals surface area contributed by atoms with Crippen LogP contribution >= 0.6 is 11.3 Å². The monoisotopic (exact) mass is 402 g/mol. The highest BCUT2D eigenvalue weighted by Crippen LogP contribution is 2.17. The molecule has 0 aliphatic heterocycles. The number of benzene rings is 1. The quantitative estimate of drug-likeness (QED) is 0.657. The van der Waals surface area contributed by atoms with Crippen molar-refractivity contribution in [2.75, 3.05) is 6.54 Å². The van der Waals surface area contributed by atoms with Gasteiger partial charge in [-0.25, -0.2) is 22.8 Å². The third-order valence-electron chi connectivity index (χ3n) is 3.93. The van der Waals surface area contributed by atoms with Crippen molar-refractivity contribution < 1.29 is 8.42 Å². The van der Waals surface area contributed by atoms with Gasteiger partial charge in [-0.15, -0.1) is 11.3 Å². The average Bonchev–Trinajstić information content (AvgIpc) is 3.20. The molecule has 0 atom stereocenters. The molecule has 0 saturated carbocycles. The molecule has 1 N–H and O–H groups in total. The number of sulfonamides is 1. The van der Waals surface area contributed by atoms with E-state index in [9.17, 15) is 8.42 Å². The van der Waals surface area contributed by atoms with Crippen LogP contribution in [0.5, 0.6) is 0 Å². The van der Waals surface area contributed by atoms with E-state index in [1.807, 2.05) is 56.5 Å². The van der Waals surface area contributed by atoms with Crippen molar-refractivity contribution in [2.45, 2.75) is 27.2 Å². The molecule has 6 nitrogen and oxygen atoms in total. The molecule has 0 amide bonds. The maximum atomic E-state index is 12.1. The van der Waals surface area contributed by atoms with Gasteiger partial charge in [-0.1, -0.05) is 29.8 Å². The number of hydrogen-bond donors (Lipinski definition) is 1. The molecular weight excluding hydrogens is 380 g/mol. The van der Waals surface area contributed by atoms with E-state index >= 15 is 0 Å². The second-order valence-electron chi connectivity index (χ2n) is 6.36. The fourth-order valence-electron chi connectivity index (χ4n) is 2.55. The summed E-state index contributed by atoms with van der Waals surface area (Å²) in [4.78, 5) is 4.54. The lowest BCUT2D eigenvalue weighted by Gasteiger charge is -2.02. The Morgan fingerprint density at radius 2 is 1.93 bits per heavy atom. The van der Waals surface area contributed by atoms with Gasteiger partial charge in [0.2, 0.25) is 15.2 Å². The van der Waals surface area contributed by atoms with E-state index in [0.29, 0.717) is 13.0 Å². The van der Waals surface area contributed by atoms with Crippen LogP contribution in [0.2, 0.25) is 0 Å². The van der Waals surface area contributed by atoms with Gasteiger partial charge in [0.25, 0.3) is 0 Å². The Morgan fingerprint density at radius 1 is 1.19 bits per heavy atom. The lowest BCUT2D eigenvalue weighted by molar-refractivity contribution is 0.590. The summed E-state index contributed by atoms with van der Waals surface area (Å²) in [6, 6.07) is 9.66. The highest BCUT2D eigenvalue weighted by Gasteiger charge is 2.10. The van der Waals surface area contributed by atoms with Crippen molar-refractivity contribution in [3.8, 4) is 5.13 Å². The smallest absolute Gasteiger partial charge is 0.223 e. The minimum atomic E-state index is -3.48. The van der Waals surface area contributed by atoms with Gasteiger partial charge in [-0.05, 0) is 38.5 Å². The number of aromatic nitrogens is 3. The minimum Gasteiger partial charge on any atom is -0.223 e. The maximum Gasteiger partial charge on any atom is 0.233 e. The summed E-state index contributed by atoms with van der Waals surface area (Å²) in [6.45, 7) is 6.21. The Kier molecular flexibility index (Phi) is 5.88. The van der Waals surface area contributed by atoms with Crippen LogP contribution in [0.15, 0.2) is 41.1 Å². The van der Waals surface area contributed by atoms with Crippen LogP contribution in [0.25, 0.3) is 11.2 Å². The highest BCUT2D eigenvalue weighted by molar-refractivity contribution is 7.92. The number of thiazole rings is 1. The number of aryl methyl sites for hydroxylation is 3. The molecule has 0 unspecified atom stereocenters. The molecule has 8 heteroatoms. The van der Waals surface area contributed by atoms with Gasteiger partial charge in [0.05, 0.1) is 11.4 Å². The van der Waals surface area contributed by atoms with Crippen LogP contribution in [0.3, 0.4) is 0 Å². The standard InChI is InChI=1S/C19H22N4O2S2/c1-14-4-6-17(7-5-14)9-11-27(24,25)20-10-8-18-13-26-19(21-18)23-16(3)12-15(2)22-23/h4-7,9,11-13,20H,8,10H2,1-3H3/b11-9+. The van der Waals surface area contributed by atoms with E-state index in [0.717, 1.165) is 33.3 Å². The maximum absolute atomic E-state index is 12.1. The molecule has 1 aromatic carbocycles. The normalized spacial score (nSPS) is 12.1. The van der Waals surface area contributed by atoms with E-state index in [1.54, 1.807) is 10.8 Å². The molecule has 0 radical (unpaired) electrons. The van der Waals surface area contributed by atoms with Crippen LogP contribution < -0.4 is 4.72 Å². The summed E-state index contributed by atoms with van der Waals surface area (Å²) in [5.41, 5.74) is 4.79. The summed E-state index contributed by atoms with van der Waals surface area (Å²) in [5.74, 6) is 0. The first-order chi connectivity index (χ1) is 12.8. The van der Waals surface area contributed by atoms with Gasteiger partial charge in [-0.2, -0.15) is 5.10 Å². The van der Waals surface area contributed by atoms with E-state index in [2.05, 4.69) is 14.8 Å². The zero-order chi connectivity index (χ0) is 19.4. The van der Waals surface area contributed by atoms with Crippen molar-refractivity contribution in [1.82, 2.24) is 19.5 Å². The topological polar surface area (TPSA) is 76.9 Å². The molecule has 0 spiro atoms. The Bertz CT molecular complexity index is 1050. The summed E-state index contributed by atoms with van der Waals surface area (Å²) < 4.78 is 28.6. The lowest BCUT2D eigenvalue weighted by atomic mass is 10.2. The van der Waals surface area contributed by atoms with Crippen LogP contribution in [-0.4, -0.2) is 29.7 Å². The number of hydrogen-bond acceptors (Lipinski definition) is 5. The molecule has 0 aliphatic rings. The van der Waals surface area contributed by atoms with Crippen LogP contribution in [0.1, 0.15) is 28.2 Å². The van der Waals surface area contributed by atoms with Gasteiger partial charge < -0.3 is 0 Å². The van der Waals surface area contributed by atoms with E-state index in [1.165, 1.54) is 16.7 Å². The first-order valence-electron chi connectivity index (χ1n) is 8.55. The van der Waals surface area contributed by atoms with Gasteiger partial charge in [0, 0.05) is 29.4 Å². The summed E-state index contributed by atoms with van der Waals surface area (Å²) in [7, 11) is -3.48. The Labute approximate surface area is 163 Å². The lowest BCUT2D eigenvalue weighted by Crippen LogP contribution is -2.23. The molecule has 2 aromatic heterocycles. The van der Waals surface area contributed by atoms with Gasteiger partial charge >= 0.3 is 0 Å². The zero-order valence-electron chi connectivity index (χ0n) is 15.5. The molecular formula is C19H22N4O2S2. The largest absolute Gasteiger partial charge is 0.233 e. The van der Waals surface area contributed by atoms with Crippen molar-refractivity contribution in [3.63, 3.8) is 0 Å². The van der Waals surface area contributed by atoms with E-state index < -0.39 is 10.0 Å². The Balaban J connectivity index is 1.56. The Hall–Kier alpha value is -2.29. The summed E-state index contributed by atoms with van der Waals surface area (Å²) in [5, 5.41) is 8.33. The summed E-state index contributed by atoms with van der Waals surface area (Å²) >= 11 is 1.49. The number of nitrogens with one attached hydrogen (secondary N) is 1. The second-order valence-corrected chi connectivity index (χ2v) is 8.85. The van der Waals surface area contributed by atoms with Crippen LogP contribution in [0.4, 0.5) is 0 Å². The molecule has 2 heterocycles. The molecule has 0 aliphatic carbocycles. The van der Waals surface area contributed by atoms with Crippen molar-refractivity contribution in [1.29, 1.82) is 0 Å². The number of nitrogens with zero attached hydrogens (tertiary/aromatic N) is 3. The fraction of sp³-hybridized carbons (Fsp3) is 0.263. The van der Waals surface area contributed by atoms with Gasteiger partial charge in [-0.3, -0.25) is 0 Å². The van der Waals surface area contributed by atoms with Gasteiger partial charge in [0.1, 0.15) is 0 Å². The second kappa shape index (κ2) is 8.16. The Morgan fingerprint density at radius 3 is 2.59 bits per heavy atom. The molecule has 142 valence electrons. The van der Waals surface area contributed by atoms with Crippen molar-refractivity contribution in [2.24, 2.45) is 0 Å². The van der Waals surface area contributed by atoms with Crippen LogP contribution in [-0.2, 0) is 16.4 Å². The molecule has 0 bridgehead atoms. The van der Waals surface area contributed by atoms with E-state index in [4.69, 9.17) is 0 Å². The molecule has 0 fully saturated rings. The van der Waals surface area contributed by atoms with E-state index in [-0.39, 0.29) is 0 Å². The molecule has 3 aromatic rings. The van der Waals surface area contributed by atoms with Crippen LogP contribution in [0, 0.1) is 20.8 Å². The summed E-state index contributed by atoms with van der Waals surface area (Å²) in [6.07, 6.45) is 2.11. The fourth-order valence-corrected chi connectivity index (χ4v) is 4.23. The number of rotatable bonds is 7. The SMILES string of the molecule is Cc1ccc(/C=C/S(=O)(=O)NCCc2csc(-n3nc(C)cc3C)n2)cc1. The van der Waals surface area contributed by atoms with Crippen molar-refractivity contribution in [3.05, 3.63) is 69.3 Å². The minimum absolute atomic E-state index is 0.293.